The minimum Gasteiger partial charge on any atom is -0.478 e. The van der Waals surface area contributed by atoms with Gasteiger partial charge in [-0.15, -0.1) is 0 Å². The molecule has 1 aromatic rings. The molecule has 3 amide bonds. The summed E-state index contributed by atoms with van der Waals surface area (Å²) >= 11 is 3.22. The number of ketones is 1. The van der Waals surface area contributed by atoms with Crippen molar-refractivity contribution in [1.82, 2.24) is 5.32 Å². The third-order valence-corrected chi connectivity index (χ3v) is 2.83. The number of carbonyl (C=O) groups is 3. The number of benzene rings is 1. The fourth-order valence-corrected chi connectivity index (χ4v) is 1.94. The van der Waals surface area contributed by atoms with E-state index in [1.165, 1.54) is 19.9 Å². The van der Waals surface area contributed by atoms with Crippen LogP contribution >= 0.6 is 15.9 Å². The first kappa shape index (κ1) is 16.0. The van der Waals surface area contributed by atoms with Crippen molar-refractivity contribution in [1.29, 1.82) is 0 Å². The molecule has 1 aromatic carbocycles. The molecule has 0 aromatic heterocycles. The maximum absolute atomic E-state index is 11.6. The van der Waals surface area contributed by atoms with Crippen molar-refractivity contribution in [2.24, 2.45) is 5.73 Å². The van der Waals surface area contributed by atoms with Crippen LogP contribution in [0.1, 0.15) is 24.2 Å². The molecule has 1 rings (SSSR count). The van der Waals surface area contributed by atoms with E-state index in [2.05, 4.69) is 15.9 Å². The van der Waals surface area contributed by atoms with E-state index in [-0.39, 0.29) is 22.8 Å². The summed E-state index contributed by atoms with van der Waals surface area (Å²) in [6, 6.07) is 2.09. The predicted molar refractivity (Wildman–Crippen MR) is 76.4 cm³/mol. The van der Waals surface area contributed by atoms with Gasteiger partial charge in [0.2, 0.25) is 0 Å². The number of carbonyl (C=O) groups excluding carboxylic acids is 3. The van der Waals surface area contributed by atoms with Crippen molar-refractivity contribution in [2.45, 2.75) is 20.0 Å². The smallest absolute Gasteiger partial charge is 0.318 e. The Morgan fingerprint density at radius 1 is 1.35 bits per heavy atom. The minimum absolute atomic E-state index is 0.0906. The second-order valence-corrected chi connectivity index (χ2v) is 4.96. The van der Waals surface area contributed by atoms with Gasteiger partial charge in [0.15, 0.2) is 17.6 Å². The lowest BCUT2D eigenvalue weighted by Crippen LogP contribution is -2.42. The standard InChI is InChI=1S/C12H14BrN3O4/c1-5(17)8-3-7(13)4-9(14)10(8)20-6(2)11(18)16-12(15)19/h3-4,6H,14H2,1-2H3,(H3,15,16,18,19). The Balaban J connectivity index is 3.05. The van der Waals surface area contributed by atoms with E-state index in [0.717, 1.165) is 0 Å². The van der Waals surface area contributed by atoms with Crippen LogP contribution in [0.25, 0.3) is 0 Å². The topological polar surface area (TPSA) is 125 Å². The lowest BCUT2D eigenvalue weighted by Gasteiger charge is -2.17. The number of urea groups is 1. The third-order valence-electron chi connectivity index (χ3n) is 2.37. The number of halogens is 1. The number of Topliss-reactive ketones (excluding diaryl/α,β-unsaturated/α-hetero) is 1. The van der Waals surface area contributed by atoms with Gasteiger partial charge in [0.05, 0.1) is 11.3 Å². The average Bonchev–Trinajstić information content (AvgIpc) is 2.30. The van der Waals surface area contributed by atoms with E-state index in [9.17, 15) is 14.4 Å². The third kappa shape index (κ3) is 3.95. The zero-order chi connectivity index (χ0) is 15.4. The fourth-order valence-electron chi connectivity index (χ4n) is 1.46. The first-order valence-electron chi connectivity index (χ1n) is 5.59. The molecule has 0 aliphatic carbocycles. The predicted octanol–water partition coefficient (Wildman–Crippen LogP) is 1.20. The molecular formula is C12H14BrN3O4. The van der Waals surface area contributed by atoms with Gasteiger partial charge in [0, 0.05) is 4.47 Å². The van der Waals surface area contributed by atoms with Gasteiger partial charge < -0.3 is 16.2 Å². The Bertz CT molecular complexity index is 574. The van der Waals surface area contributed by atoms with Gasteiger partial charge >= 0.3 is 6.03 Å². The summed E-state index contributed by atoms with van der Waals surface area (Å²) in [7, 11) is 0. The summed E-state index contributed by atoms with van der Waals surface area (Å²) in [5, 5.41) is 1.88. The maximum atomic E-state index is 11.6. The number of nitrogen functional groups attached to an aromatic ring is 1. The molecule has 0 spiro atoms. The number of hydrogen-bond donors (Lipinski definition) is 3. The van der Waals surface area contributed by atoms with E-state index >= 15 is 0 Å². The molecule has 0 saturated carbocycles. The number of nitrogens with two attached hydrogens (primary N) is 2. The van der Waals surface area contributed by atoms with E-state index < -0.39 is 18.0 Å². The maximum Gasteiger partial charge on any atom is 0.318 e. The quantitative estimate of drug-likeness (QED) is 0.559. The first-order valence-corrected chi connectivity index (χ1v) is 6.38. The number of imide groups is 1. The van der Waals surface area contributed by atoms with E-state index in [1.807, 2.05) is 5.32 Å². The normalized spacial score (nSPS) is 11.6. The molecule has 5 N–H and O–H groups in total. The molecule has 7 nitrogen and oxygen atoms in total. The molecular weight excluding hydrogens is 330 g/mol. The monoisotopic (exact) mass is 343 g/mol. The highest BCUT2D eigenvalue weighted by Gasteiger charge is 2.21. The highest BCUT2D eigenvalue weighted by Crippen LogP contribution is 2.31. The molecule has 0 aliphatic rings. The SMILES string of the molecule is CC(=O)c1cc(Br)cc(N)c1OC(C)C(=O)NC(N)=O. The van der Waals surface area contributed by atoms with Crippen LogP contribution in [0.2, 0.25) is 0 Å². The van der Waals surface area contributed by atoms with Crippen LogP contribution in [0.3, 0.4) is 0 Å². The van der Waals surface area contributed by atoms with Crippen molar-refractivity contribution < 1.29 is 19.1 Å². The van der Waals surface area contributed by atoms with Gasteiger partial charge in [-0.3, -0.25) is 14.9 Å². The van der Waals surface area contributed by atoms with Gasteiger partial charge in [0.1, 0.15) is 0 Å². The van der Waals surface area contributed by atoms with Gasteiger partial charge in [-0.1, -0.05) is 15.9 Å². The van der Waals surface area contributed by atoms with Crippen LogP contribution in [-0.4, -0.2) is 23.8 Å². The van der Waals surface area contributed by atoms with Crippen LogP contribution in [0, 0.1) is 0 Å². The summed E-state index contributed by atoms with van der Waals surface area (Å²) < 4.78 is 5.98. The lowest BCUT2D eigenvalue weighted by atomic mass is 10.1. The Hall–Kier alpha value is -2.09. The van der Waals surface area contributed by atoms with Crippen LogP contribution in [-0.2, 0) is 4.79 Å². The van der Waals surface area contributed by atoms with Crippen molar-refractivity contribution in [3.05, 3.63) is 22.2 Å². The number of hydrogen-bond acceptors (Lipinski definition) is 5. The van der Waals surface area contributed by atoms with Crippen molar-refractivity contribution in [3.63, 3.8) is 0 Å². The average molecular weight is 344 g/mol. The van der Waals surface area contributed by atoms with Crippen molar-refractivity contribution >= 4 is 39.3 Å². The summed E-state index contributed by atoms with van der Waals surface area (Å²) in [4.78, 5) is 33.7. The molecule has 0 aliphatic heterocycles. The number of rotatable bonds is 4. The Morgan fingerprint density at radius 3 is 2.45 bits per heavy atom. The first-order chi connectivity index (χ1) is 9.22. The summed E-state index contributed by atoms with van der Waals surface area (Å²) in [5.41, 5.74) is 11.0. The van der Waals surface area contributed by atoms with Gasteiger partial charge in [-0.05, 0) is 26.0 Å². The molecule has 1 unspecified atom stereocenters. The van der Waals surface area contributed by atoms with E-state index in [4.69, 9.17) is 16.2 Å². The second kappa shape index (κ2) is 6.38. The molecule has 0 fully saturated rings. The van der Waals surface area contributed by atoms with Crippen LogP contribution in [0.5, 0.6) is 5.75 Å². The zero-order valence-corrected chi connectivity index (χ0v) is 12.5. The van der Waals surface area contributed by atoms with Crippen LogP contribution in [0.15, 0.2) is 16.6 Å². The highest BCUT2D eigenvalue weighted by molar-refractivity contribution is 9.10. The van der Waals surface area contributed by atoms with Crippen molar-refractivity contribution in [3.8, 4) is 5.75 Å². The zero-order valence-electron chi connectivity index (χ0n) is 10.9. The molecule has 1 atom stereocenters. The minimum atomic E-state index is -1.04. The number of primary amides is 1. The molecule has 0 heterocycles. The van der Waals surface area contributed by atoms with Gasteiger partial charge in [0.25, 0.3) is 5.91 Å². The molecule has 0 bridgehead atoms. The lowest BCUT2D eigenvalue weighted by molar-refractivity contribution is -0.126. The number of anilines is 1. The largest absolute Gasteiger partial charge is 0.478 e. The van der Waals surface area contributed by atoms with Gasteiger partial charge in [-0.25, -0.2) is 4.79 Å². The molecule has 8 heteroatoms. The number of ether oxygens (including phenoxy) is 1. The number of amides is 3. The Kier molecular flexibility index (Phi) is 5.09. The molecule has 0 saturated heterocycles. The van der Waals surface area contributed by atoms with Crippen LogP contribution in [0.4, 0.5) is 10.5 Å². The van der Waals surface area contributed by atoms with Gasteiger partial charge in [-0.2, -0.15) is 0 Å². The fraction of sp³-hybridized carbons (Fsp3) is 0.250. The second-order valence-electron chi connectivity index (χ2n) is 4.04. The summed E-state index contributed by atoms with van der Waals surface area (Å²) in [6.07, 6.45) is -1.04. The summed E-state index contributed by atoms with van der Waals surface area (Å²) in [5.74, 6) is -0.905. The van der Waals surface area contributed by atoms with Crippen molar-refractivity contribution in [2.75, 3.05) is 5.73 Å². The molecule has 20 heavy (non-hydrogen) atoms. The number of nitrogens with one attached hydrogen (secondary N) is 1. The summed E-state index contributed by atoms with van der Waals surface area (Å²) in [6.45, 7) is 2.76. The Morgan fingerprint density at radius 2 is 1.95 bits per heavy atom. The van der Waals surface area contributed by atoms with Crippen LogP contribution < -0.4 is 21.5 Å². The molecule has 108 valence electrons. The Labute approximate surface area is 123 Å². The molecule has 0 radical (unpaired) electrons. The highest BCUT2D eigenvalue weighted by atomic mass is 79.9. The van der Waals surface area contributed by atoms with E-state index in [0.29, 0.717) is 4.47 Å². The van der Waals surface area contributed by atoms with E-state index in [1.54, 1.807) is 6.07 Å².